The highest BCUT2D eigenvalue weighted by molar-refractivity contribution is 9.10. The lowest BCUT2D eigenvalue weighted by molar-refractivity contribution is 0.0269. The Bertz CT molecular complexity index is 528. The summed E-state index contributed by atoms with van der Waals surface area (Å²) in [5.41, 5.74) is -0.409. The fourth-order valence-corrected chi connectivity index (χ4v) is 4.37. The molecule has 2 heterocycles. The van der Waals surface area contributed by atoms with E-state index in [9.17, 15) is 4.79 Å². The number of carbonyl (C=O) groups excluding carboxylic acids is 1. The van der Waals surface area contributed by atoms with Crippen LogP contribution < -0.4 is 5.32 Å². The second-order valence-electron chi connectivity index (χ2n) is 6.85. The molecule has 1 saturated carbocycles. The van der Waals surface area contributed by atoms with Gasteiger partial charge in [0, 0.05) is 40.4 Å². The zero-order chi connectivity index (χ0) is 15.2. The summed E-state index contributed by atoms with van der Waals surface area (Å²) in [4.78, 5) is 15.2. The van der Waals surface area contributed by atoms with Gasteiger partial charge in [-0.25, -0.2) is 4.79 Å². The molecular formula is C15H21BrN2O2S. The molecule has 2 unspecified atom stereocenters. The molecule has 21 heavy (non-hydrogen) atoms. The molecule has 0 spiro atoms. The minimum absolute atomic E-state index is 0.171. The van der Waals surface area contributed by atoms with Crippen LogP contribution in [-0.4, -0.2) is 35.7 Å². The van der Waals surface area contributed by atoms with Crippen LogP contribution in [0.1, 0.15) is 25.6 Å². The largest absolute Gasteiger partial charge is 0.444 e. The van der Waals surface area contributed by atoms with Crippen LogP contribution in [0.3, 0.4) is 0 Å². The summed E-state index contributed by atoms with van der Waals surface area (Å²) in [7, 11) is 0. The minimum Gasteiger partial charge on any atom is -0.444 e. The van der Waals surface area contributed by atoms with Gasteiger partial charge in [0.25, 0.3) is 0 Å². The van der Waals surface area contributed by atoms with E-state index in [4.69, 9.17) is 4.74 Å². The number of carbonyl (C=O) groups is 1. The van der Waals surface area contributed by atoms with E-state index in [-0.39, 0.29) is 6.09 Å². The van der Waals surface area contributed by atoms with E-state index in [0.717, 1.165) is 24.1 Å². The molecule has 1 aromatic rings. The van der Waals surface area contributed by atoms with Crippen LogP contribution in [0.2, 0.25) is 0 Å². The fourth-order valence-electron chi connectivity index (χ4n) is 2.97. The van der Waals surface area contributed by atoms with Gasteiger partial charge in [0.15, 0.2) is 0 Å². The predicted octanol–water partition coefficient (Wildman–Crippen LogP) is 3.47. The van der Waals surface area contributed by atoms with Crippen LogP contribution in [0.4, 0.5) is 4.79 Å². The molecular weight excluding hydrogens is 352 g/mol. The number of nitrogens with one attached hydrogen (secondary N) is 1. The van der Waals surface area contributed by atoms with Crippen molar-refractivity contribution in [2.75, 3.05) is 13.1 Å². The summed E-state index contributed by atoms with van der Waals surface area (Å²) in [6.45, 7) is 8.29. The second kappa shape index (κ2) is 5.56. The van der Waals surface area contributed by atoms with Gasteiger partial charge in [-0.1, -0.05) is 0 Å². The first-order valence-corrected chi connectivity index (χ1v) is 8.95. The summed E-state index contributed by atoms with van der Waals surface area (Å²) in [5, 5.41) is 5.71. The molecule has 2 atom stereocenters. The van der Waals surface area contributed by atoms with Crippen LogP contribution in [0.25, 0.3) is 0 Å². The first-order valence-electron chi connectivity index (χ1n) is 7.28. The van der Waals surface area contributed by atoms with Gasteiger partial charge in [0.05, 0.1) is 0 Å². The zero-order valence-electron chi connectivity index (χ0n) is 12.6. The number of nitrogens with zero attached hydrogens (tertiary/aromatic N) is 1. The van der Waals surface area contributed by atoms with Crippen LogP contribution in [-0.2, 0) is 11.3 Å². The smallest absolute Gasteiger partial charge is 0.410 e. The van der Waals surface area contributed by atoms with Gasteiger partial charge in [0.2, 0.25) is 0 Å². The molecule has 1 aliphatic heterocycles. The Morgan fingerprint density at radius 3 is 2.67 bits per heavy atom. The van der Waals surface area contributed by atoms with E-state index in [2.05, 4.69) is 32.7 Å². The second-order valence-corrected chi connectivity index (χ2v) is 8.76. The Kier molecular flexibility index (Phi) is 4.05. The molecule has 1 aliphatic carbocycles. The normalized spacial score (nSPS) is 27.6. The number of halogens is 1. The van der Waals surface area contributed by atoms with E-state index in [1.165, 1.54) is 4.88 Å². The Morgan fingerprint density at radius 1 is 1.48 bits per heavy atom. The van der Waals surface area contributed by atoms with Crippen molar-refractivity contribution in [2.45, 2.75) is 39.0 Å². The Morgan fingerprint density at radius 2 is 2.14 bits per heavy atom. The highest BCUT2D eigenvalue weighted by Crippen LogP contribution is 2.46. The van der Waals surface area contributed by atoms with Crippen molar-refractivity contribution in [3.8, 4) is 0 Å². The average Bonchev–Trinajstić information content (AvgIpc) is 2.77. The molecule has 116 valence electrons. The van der Waals surface area contributed by atoms with Gasteiger partial charge >= 0.3 is 6.09 Å². The quantitative estimate of drug-likeness (QED) is 0.882. The molecule has 3 rings (SSSR count). The van der Waals surface area contributed by atoms with E-state index < -0.39 is 5.60 Å². The SMILES string of the molecule is CC(C)(C)OC(=O)N1CC2C(C1)C2NCc1cc(Br)cs1. The molecule has 1 amide bonds. The van der Waals surface area contributed by atoms with Crippen LogP contribution in [0, 0.1) is 11.8 Å². The first-order chi connectivity index (χ1) is 9.83. The summed E-state index contributed by atoms with van der Waals surface area (Å²) in [6.07, 6.45) is -0.171. The van der Waals surface area contributed by atoms with Crippen LogP contribution >= 0.6 is 27.3 Å². The Labute approximate surface area is 138 Å². The number of thiophene rings is 1. The fraction of sp³-hybridized carbons (Fsp3) is 0.667. The summed E-state index contributed by atoms with van der Waals surface area (Å²) < 4.78 is 6.57. The maximum Gasteiger partial charge on any atom is 0.410 e. The lowest BCUT2D eigenvalue weighted by Gasteiger charge is -2.26. The number of fused-ring (bicyclic) bond motifs is 1. The van der Waals surface area contributed by atoms with Crippen molar-refractivity contribution in [2.24, 2.45) is 11.8 Å². The van der Waals surface area contributed by atoms with Gasteiger partial charge < -0.3 is 15.0 Å². The third kappa shape index (κ3) is 3.60. The average molecular weight is 373 g/mol. The van der Waals surface area contributed by atoms with Gasteiger partial charge in [-0.15, -0.1) is 11.3 Å². The van der Waals surface area contributed by atoms with Crippen molar-refractivity contribution < 1.29 is 9.53 Å². The predicted molar refractivity (Wildman–Crippen MR) is 87.4 cm³/mol. The molecule has 1 saturated heterocycles. The molecule has 0 radical (unpaired) electrons. The molecule has 1 N–H and O–H groups in total. The lowest BCUT2D eigenvalue weighted by atomic mass is 10.2. The molecule has 0 bridgehead atoms. The van der Waals surface area contributed by atoms with Crippen LogP contribution in [0.5, 0.6) is 0 Å². The standard InChI is InChI=1S/C15H21BrN2O2S/c1-15(2,3)20-14(19)18-6-11-12(7-18)13(11)17-5-10-4-9(16)8-21-10/h4,8,11-13,17H,5-7H2,1-3H3. The van der Waals surface area contributed by atoms with Gasteiger partial charge in [-0.2, -0.15) is 0 Å². The maximum absolute atomic E-state index is 12.0. The highest BCUT2D eigenvalue weighted by Gasteiger charge is 2.56. The molecule has 2 aliphatic rings. The van der Waals surface area contributed by atoms with Crippen LogP contribution in [0.15, 0.2) is 15.9 Å². The van der Waals surface area contributed by atoms with E-state index in [1.54, 1.807) is 11.3 Å². The topological polar surface area (TPSA) is 41.6 Å². The Hall–Kier alpha value is -0.590. The third-order valence-corrected chi connectivity index (χ3v) is 5.68. The monoisotopic (exact) mass is 372 g/mol. The number of rotatable bonds is 3. The number of ether oxygens (including phenoxy) is 1. The van der Waals surface area contributed by atoms with Crippen molar-refractivity contribution >= 4 is 33.4 Å². The minimum atomic E-state index is -0.409. The molecule has 6 heteroatoms. The number of amides is 1. The third-order valence-electron chi connectivity index (χ3n) is 3.98. The molecule has 1 aromatic heterocycles. The van der Waals surface area contributed by atoms with E-state index in [0.29, 0.717) is 17.9 Å². The van der Waals surface area contributed by atoms with Crippen molar-refractivity contribution in [3.63, 3.8) is 0 Å². The maximum atomic E-state index is 12.0. The van der Waals surface area contributed by atoms with Crippen molar-refractivity contribution in [3.05, 3.63) is 20.8 Å². The molecule has 4 nitrogen and oxygen atoms in total. The van der Waals surface area contributed by atoms with Gasteiger partial charge in [-0.05, 0) is 54.6 Å². The van der Waals surface area contributed by atoms with E-state index >= 15 is 0 Å². The van der Waals surface area contributed by atoms with Gasteiger partial charge in [0.1, 0.15) is 5.60 Å². The summed E-state index contributed by atoms with van der Waals surface area (Å²) in [6, 6.07) is 2.72. The number of piperidine rings is 1. The number of hydrogen-bond acceptors (Lipinski definition) is 4. The first kappa shape index (κ1) is 15.3. The molecule has 2 fully saturated rings. The highest BCUT2D eigenvalue weighted by atomic mass is 79.9. The number of hydrogen-bond donors (Lipinski definition) is 1. The molecule has 0 aromatic carbocycles. The summed E-state index contributed by atoms with van der Waals surface area (Å²) in [5.74, 6) is 1.20. The van der Waals surface area contributed by atoms with Crippen molar-refractivity contribution in [1.29, 1.82) is 0 Å². The van der Waals surface area contributed by atoms with Gasteiger partial charge in [-0.3, -0.25) is 0 Å². The Balaban J connectivity index is 1.43. The zero-order valence-corrected chi connectivity index (χ0v) is 15.0. The lowest BCUT2D eigenvalue weighted by Crippen LogP contribution is -2.39. The number of likely N-dealkylation sites (tertiary alicyclic amines) is 1. The summed E-state index contributed by atoms with van der Waals surface area (Å²) >= 11 is 5.24. The van der Waals surface area contributed by atoms with Crippen molar-refractivity contribution in [1.82, 2.24) is 10.2 Å². The van der Waals surface area contributed by atoms with E-state index in [1.807, 2.05) is 25.7 Å².